The summed E-state index contributed by atoms with van der Waals surface area (Å²) in [6.45, 7) is 2.92. The van der Waals surface area contributed by atoms with Crippen LogP contribution in [0.25, 0.3) is 0 Å². The van der Waals surface area contributed by atoms with Crippen LogP contribution in [0.2, 0.25) is 0 Å². The lowest BCUT2D eigenvalue weighted by atomic mass is 10.0. The van der Waals surface area contributed by atoms with Crippen LogP contribution >= 0.6 is 0 Å². The van der Waals surface area contributed by atoms with Gasteiger partial charge in [0.1, 0.15) is 5.75 Å². The minimum absolute atomic E-state index is 0.170. The Labute approximate surface area is 160 Å². The monoisotopic (exact) mass is 361 g/mol. The van der Waals surface area contributed by atoms with Gasteiger partial charge in [0.2, 0.25) is 0 Å². The Bertz CT molecular complexity index is 470. The van der Waals surface area contributed by atoms with Gasteiger partial charge in [-0.15, -0.1) is 0 Å². The number of carboxylic acids is 1. The van der Waals surface area contributed by atoms with Gasteiger partial charge in [-0.05, 0) is 18.6 Å². The van der Waals surface area contributed by atoms with Gasteiger partial charge in [0.15, 0.2) is 0 Å². The quantitative estimate of drug-likeness (QED) is 0.324. The Morgan fingerprint density at radius 3 is 1.81 bits per heavy atom. The third kappa shape index (κ3) is 11.9. The highest BCUT2D eigenvalue weighted by Crippen LogP contribution is 2.15. The van der Waals surface area contributed by atoms with Crippen molar-refractivity contribution in [1.82, 2.24) is 0 Å². The van der Waals surface area contributed by atoms with Gasteiger partial charge in [-0.25, -0.2) is 0 Å². The molecule has 0 aliphatic rings. The fraction of sp³-hybridized carbons (Fsp3) is 0.696. The highest BCUT2D eigenvalue weighted by Gasteiger charge is 1.98. The molecule has 148 valence electrons. The fourth-order valence-electron chi connectivity index (χ4n) is 3.20. The van der Waals surface area contributed by atoms with Gasteiger partial charge >= 0.3 is 0 Å². The van der Waals surface area contributed by atoms with Crippen LogP contribution in [0.1, 0.15) is 107 Å². The van der Waals surface area contributed by atoms with E-state index in [9.17, 15) is 9.90 Å². The summed E-state index contributed by atoms with van der Waals surface area (Å²) < 4.78 is 5.61. The maximum atomic E-state index is 10.8. The maximum absolute atomic E-state index is 10.8. The molecule has 26 heavy (non-hydrogen) atoms. The Morgan fingerprint density at radius 2 is 1.31 bits per heavy atom. The van der Waals surface area contributed by atoms with E-state index in [4.69, 9.17) is 4.74 Å². The minimum atomic E-state index is -1.16. The molecule has 0 aromatic heterocycles. The molecule has 0 unspecified atom stereocenters. The third-order valence-electron chi connectivity index (χ3n) is 4.84. The Balaban J connectivity index is 1.85. The van der Waals surface area contributed by atoms with Crippen LogP contribution in [0.4, 0.5) is 0 Å². The first-order valence-electron chi connectivity index (χ1n) is 10.7. The Morgan fingerprint density at radius 1 is 0.808 bits per heavy atom. The smallest absolute Gasteiger partial charge is 0.119 e. The van der Waals surface area contributed by atoms with E-state index in [1.807, 2.05) is 0 Å². The second-order valence-corrected chi connectivity index (χ2v) is 7.26. The molecule has 0 fully saturated rings. The molecule has 0 radical (unpaired) electrons. The number of benzene rings is 1. The summed E-state index contributed by atoms with van der Waals surface area (Å²) in [5.41, 5.74) is 0.170. The number of carbonyl (C=O) groups excluding carboxylic acids is 1. The molecule has 3 nitrogen and oxygen atoms in total. The van der Waals surface area contributed by atoms with Crippen LogP contribution in [0, 0.1) is 0 Å². The van der Waals surface area contributed by atoms with Crippen molar-refractivity contribution in [2.24, 2.45) is 0 Å². The lowest BCUT2D eigenvalue weighted by Crippen LogP contribution is -2.22. The van der Waals surface area contributed by atoms with Gasteiger partial charge in [0.05, 0.1) is 12.6 Å². The Kier molecular flexibility index (Phi) is 13.6. The third-order valence-corrected chi connectivity index (χ3v) is 4.84. The van der Waals surface area contributed by atoms with Crippen LogP contribution < -0.4 is 9.84 Å². The van der Waals surface area contributed by atoms with Crippen molar-refractivity contribution in [2.45, 2.75) is 96.8 Å². The first-order valence-corrected chi connectivity index (χ1v) is 10.7. The van der Waals surface area contributed by atoms with Crippen molar-refractivity contribution in [3.63, 3.8) is 0 Å². The number of aromatic carboxylic acids is 1. The summed E-state index contributed by atoms with van der Waals surface area (Å²) in [5, 5.41) is 10.8. The molecule has 1 aromatic carbocycles. The molecule has 0 heterocycles. The molecular weight excluding hydrogens is 324 g/mol. The lowest BCUT2D eigenvalue weighted by molar-refractivity contribution is -0.255. The van der Waals surface area contributed by atoms with Crippen molar-refractivity contribution < 1.29 is 14.6 Å². The lowest BCUT2D eigenvalue weighted by Gasteiger charge is -2.08. The Hall–Kier alpha value is -1.51. The largest absolute Gasteiger partial charge is 0.545 e. The molecule has 1 rings (SSSR count). The average molecular weight is 362 g/mol. The van der Waals surface area contributed by atoms with Crippen LogP contribution in [-0.4, -0.2) is 12.6 Å². The SMILES string of the molecule is CCCCCCCCCCCCCCCCOc1cccc(C(=O)[O-])c1. The number of carboxylic acid groups (broad SMARTS) is 1. The normalized spacial score (nSPS) is 10.8. The number of carbonyl (C=O) groups is 1. The average Bonchev–Trinajstić information content (AvgIpc) is 2.65. The molecule has 0 amide bonds. The van der Waals surface area contributed by atoms with Gasteiger partial charge in [-0.1, -0.05) is 103 Å². The molecule has 1 aromatic rings. The predicted molar refractivity (Wildman–Crippen MR) is 107 cm³/mol. The maximum Gasteiger partial charge on any atom is 0.119 e. The summed E-state index contributed by atoms with van der Waals surface area (Å²) in [4.78, 5) is 10.8. The number of rotatable bonds is 17. The molecular formula is C23H37O3-. The molecule has 0 spiro atoms. The highest BCUT2D eigenvalue weighted by atomic mass is 16.5. The van der Waals surface area contributed by atoms with E-state index >= 15 is 0 Å². The van der Waals surface area contributed by atoms with E-state index in [0.717, 1.165) is 6.42 Å². The summed E-state index contributed by atoms with van der Waals surface area (Å²) in [6, 6.07) is 6.52. The standard InChI is InChI=1S/C23H38O3/c1-2-3-4-5-6-7-8-9-10-11-12-13-14-15-19-26-22-18-16-17-21(20-22)23(24)25/h16-18,20H,2-15,19H2,1H3,(H,24,25)/p-1. The van der Waals surface area contributed by atoms with Crippen LogP contribution in [0.15, 0.2) is 24.3 Å². The van der Waals surface area contributed by atoms with E-state index in [2.05, 4.69) is 6.92 Å². The summed E-state index contributed by atoms with van der Waals surface area (Å²) >= 11 is 0. The molecule has 0 bridgehead atoms. The highest BCUT2D eigenvalue weighted by molar-refractivity contribution is 5.86. The van der Waals surface area contributed by atoms with Crippen molar-refractivity contribution in [2.75, 3.05) is 6.61 Å². The van der Waals surface area contributed by atoms with Crippen LogP contribution in [0.3, 0.4) is 0 Å². The van der Waals surface area contributed by atoms with Gasteiger partial charge in [0.25, 0.3) is 0 Å². The van der Waals surface area contributed by atoms with E-state index in [1.165, 1.54) is 95.6 Å². The molecule has 0 aliphatic heterocycles. The zero-order valence-electron chi connectivity index (χ0n) is 16.6. The first kappa shape index (κ1) is 22.5. The van der Waals surface area contributed by atoms with E-state index in [0.29, 0.717) is 12.4 Å². The second kappa shape index (κ2) is 15.7. The second-order valence-electron chi connectivity index (χ2n) is 7.26. The summed E-state index contributed by atoms with van der Waals surface area (Å²) in [6.07, 6.45) is 18.7. The predicted octanol–water partition coefficient (Wildman–Crippen LogP) is 5.91. The van der Waals surface area contributed by atoms with Gasteiger partial charge in [-0.2, -0.15) is 0 Å². The summed E-state index contributed by atoms with van der Waals surface area (Å²) in [5.74, 6) is -0.548. The number of hydrogen-bond donors (Lipinski definition) is 0. The molecule has 0 aliphatic carbocycles. The van der Waals surface area contributed by atoms with Crippen LogP contribution in [0.5, 0.6) is 5.75 Å². The van der Waals surface area contributed by atoms with Crippen LogP contribution in [-0.2, 0) is 0 Å². The minimum Gasteiger partial charge on any atom is -0.545 e. The summed E-state index contributed by atoms with van der Waals surface area (Å²) in [7, 11) is 0. The van der Waals surface area contributed by atoms with Crippen molar-refractivity contribution >= 4 is 5.97 Å². The van der Waals surface area contributed by atoms with Crippen molar-refractivity contribution in [3.8, 4) is 5.75 Å². The topological polar surface area (TPSA) is 49.4 Å². The number of unbranched alkanes of at least 4 members (excludes halogenated alkanes) is 13. The first-order chi connectivity index (χ1) is 12.7. The number of hydrogen-bond acceptors (Lipinski definition) is 3. The molecule has 0 atom stereocenters. The van der Waals surface area contributed by atoms with Gasteiger partial charge < -0.3 is 14.6 Å². The van der Waals surface area contributed by atoms with E-state index in [-0.39, 0.29) is 5.56 Å². The zero-order valence-corrected chi connectivity index (χ0v) is 16.6. The molecule has 0 saturated heterocycles. The van der Waals surface area contributed by atoms with E-state index in [1.54, 1.807) is 12.1 Å². The van der Waals surface area contributed by atoms with E-state index < -0.39 is 5.97 Å². The molecule has 0 saturated carbocycles. The zero-order chi connectivity index (χ0) is 18.9. The molecule has 0 N–H and O–H groups in total. The van der Waals surface area contributed by atoms with Crippen molar-refractivity contribution in [3.05, 3.63) is 29.8 Å². The number of ether oxygens (including phenoxy) is 1. The van der Waals surface area contributed by atoms with Gasteiger partial charge in [-0.3, -0.25) is 0 Å². The van der Waals surface area contributed by atoms with Gasteiger partial charge in [0, 0.05) is 5.56 Å². The fourth-order valence-corrected chi connectivity index (χ4v) is 3.20. The van der Waals surface area contributed by atoms with Crippen molar-refractivity contribution in [1.29, 1.82) is 0 Å². The molecule has 3 heteroatoms.